The van der Waals surface area contributed by atoms with Crippen LogP contribution in [0.25, 0.3) is 0 Å². The van der Waals surface area contributed by atoms with Gasteiger partial charge in [-0.1, -0.05) is 48.5 Å². The van der Waals surface area contributed by atoms with Gasteiger partial charge in [-0.25, -0.2) is 0 Å². The Bertz CT molecular complexity index is 1230. The molecule has 1 atom stereocenters. The minimum absolute atomic E-state index is 0.126. The highest BCUT2D eigenvalue weighted by atomic mass is 32.2. The Morgan fingerprint density at radius 1 is 1.00 bits per heavy atom. The number of para-hydroxylation sites is 2. The summed E-state index contributed by atoms with van der Waals surface area (Å²) >= 11 is 1.31. The van der Waals surface area contributed by atoms with E-state index in [4.69, 9.17) is 0 Å². The smallest absolute Gasteiger partial charge is 0.269 e. The van der Waals surface area contributed by atoms with Gasteiger partial charge in [0.05, 0.1) is 11.4 Å². The second kappa shape index (κ2) is 7.84. The number of benzene rings is 3. The second-order valence-corrected chi connectivity index (χ2v) is 8.99. The number of thioether (sulfide) groups is 1. The lowest BCUT2D eigenvalue weighted by Gasteiger charge is -2.33. The molecule has 2 aliphatic heterocycles. The van der Waals surface area contributed by atoms with Gasteiger partial charge in [0.2, 0.25) is 16.7 Å². The second-order valence-electron chi connectivity index (χ2n) is 7.82. The van der Waals surface area contributed by atoms with E-state index in [9.17, 15) is 14.4 Å². The first-order chi connectivity index (χ1) is 15.5. The Morgan fingerprint density at radius 2 is 1.75 bits per heavy atom. The Hall–Kier alpha value is -3.58. The number of carbonyl (C=O) groups excluding carboxylic acids is 3. The first-order valence-electron chi connectivity index (χ1n) is 10.3. The van der Waals surface area contributed by atoms with Crippen LogP contribution >= 0.6 is 11.8 Å². The predicted molar refractivity (Wildman–Crippen MR) is 127 cm³/mol. The van der Waals surface area contributed by atoms with Gasteiger partial charge in [0.15, 0.2) is 0 Å². The fourth-order valence-corrected chi connectivity index (χ4v) is 5.70. The van der Waals surface area contributed by atoms with Gasteiger partial charge in [-0.3, -0.25) is 24.2 Å². The molecule has 0 bridgehead atoms. The Balaban J connectivity index is 1.54. The fraction of sp³-hybridized carbons (Fsp3) is 0.160. The summed E-state index contributed by atoms with van der Waals surface area (Å²) in [5.74, 6) is -0.510. The van der Waals surface area contributed by atoms with Crippen LogP contribution in [0.5, 0.6) is 0 Å². The third kappa shape index (κ3) is 3.17. The molecule has 2 aliphatic rings. The van der Waals surface area contributed by atoms with Crippen molar-refractivity contribution < 1.29 is 14.4 Å². The van der Waals surface area contributed by atoms with E-state index in [1.54, 1.807) is 17.0 Å². The van der Waals surface area contributed by atoms with E-state index < -0.39 is 4.87 Å². The normalized spacial score (nSPS) is 19.5. The van der Waals surface area contributed by atoms with Crippen molar-refractivity contribution in [2.24, 2.45) is 0 Å². The van der Waals surface area contributed by atoms with E-state index in [1.807, 2.05) is 73.7 Å². The van der Waals surface area contributed by atoms with Gasteiger partial charge in [0.1, 0.15) is 6.54 Å². The lowest BCUT2D eigenvalue weighted by molar-refractivity contribution is -0.124. The summed E-state index contributed by atoms with van der Waals surface area (Å²) in [6, 6.07) is 24.1. The number of aryl methyl sites for hydroxylation is 1. The van der Waals surface area contributed by atoms with E-state index >= 15 is 0 Å². The van der Waals surface area contributed by atoms with Crippen molar-refractivity contribution in [1.82, 2.24) is 0 Å². The van der Waals surface area contributed by atoms with E-state index in [0.29, 0.717) is 17.1 Å². The average Bonchev–Trinajstić information content (AvgIpc) is 3.25. The number of rotatable bonds is 4. The van der Waals surface area contributed by atoms with Crippen LogP contribution in [0.2, 0.25) is 0 Å². The van der Waals surface area contributed by atoms with Crippen LogP contribution in [0.4, 0.5) is 17.1 Å². The molecule has 0 aliphatic carbocycles. The average molecular weight is 444 g/mol. The first kappa shape index (κ1) is 20.3. The summed E-state index contributed by atoms with van der Waals surface area (Å²) < 4.78 is 0. The SMILES string of the molecule is Cc1cccc(N2C(=O)CS[C@]23C(=O)N(CC(=O)Nc2ccccc2)c2ccccc23)c1. The number of hydrogen-bond acceptors (Lipinski definition) is 4. The monoisotopic (exact) mass is 443 g/mol. The van der Waals surface area contributed by atoms with E-state index in [-0.39, 0.29) is 30.0 Å². The quantitative estimate of drug-likeness (QED) is 0.664. The molecule has 32 heavy (non-hydrogen) atoms. The summed E-state index contributed by atoms with van der Waals surface area (Å²) in [4.78, 5) is 41.6. The van der Waals surface area contributed by atoms with Gasteiger partial charge in [-0.2, -0.15) is 0 Å². The maximum Gasteiger partial charge on any atom is 0.269 e. The topological polar surface area (TPSA) is 69.7 Å². The molecule has 6 nitrogen and oxygen atoms in total. The Labute approximate surface area is 190 Å². The van der Waals surface area contributed by atoms with Crippen LogP contribution in [0.3, 0.4) is 0 Å². The summed E-state index contributed by atoms with van der Waals surface area (Å²) in [5, 5.41) is 2.84. The summed E-state index contributed by atoms with van der Waals surface area (Å²) in [6.07, 6.45) is 0. The van der Waals surface area contributed by atoms with Gasteiger partial charge in [-0.15, -0.1) is 11.8 Å². The van der Waals surface area contributed by atoms with Crippen molar-refractivity contribution in [2.45, 2.75) is 11.8 Å². The number of fused-ring (bicyclic) bond motifs is 2. The first-order valence-corrected chi connectivity index (χ1v) is 11.3. The molecule has 1 fully saturated rings. The molecule has 0 aromatic heterocycles. The Kier molecular flexibility index (Phi) is 4.98. The number of carbonyl (C=O) groups is 3. The summed E-state index contributed by atoms with van der Waals surface area (Å²) in [6.45, 7) is 1.82. The highest BCUT2D eigenvalue weighted by Gasteiger charge is 2.61. The molecule has 3 aromatic carbocycles. The van der Waals surface area contributed by atoms with Crippen molar-refractivity contribution in [3.8, 4) is 0 Å². The fourth-order valence-electron chi connectivity index (χ4n) is 4.35. The number of nitrogens with one attached hydrogen (secondary N) is 1. The molecule has 5 rings (SSSR count). The van der Waals surface area contributed by atoms with Crippen LogP contribution in [-0.4, -0.2) is 30.0 Å². The molecule has 0 unspecified atom stereocenters. The highest BCUT2D eigenvalue weighted by molar-refractivity contribution is 8.02. The summed E-state index contributed by atoms with van der Waals surface area (Å²) in [7, 11) is 0. The van der Waals surface area contributed by atoms with Gasteiger partial charge in [0.25, 0.3) is 5.91 Å². The zero-order valence-corrected chi connectivity index (χ0v) is 18.3. The van der Waals surface area contributed by atoms with Gasteiger partial charge >= 0.3 is 0 Å². The van der Waals surface area contributed by atoms with E-state index in [2.05, 4.69) is 5.32 Å². The number of amides is 3. The molecule has 3 amide bonds. The molecule has 0 radical (unpaired) electrons. The van der Waals surface area contributed by atoms with E-state index in [0.717, 1.165) is 11.1 Å². The highest BCUT2D eigenvalue weighted by Crippen LogP contribution is 2.55. The van der Waals surface area contributed by atoms with Crippen LogP contribution in [0, 0.1) is 6.92 Å². The molecule has 1 saturated heterocycles. The van der Waals surface area contributed by atoms with Crippen molar-refractivity contribution in [3.05, 3.63) is 90.0 Å². The molecule has 7 heteroatoms. The molecule has 160 valence electrons. The minimum Gasteiger partial charge on any atom is -0.325 e. The van der Waals surface area contributed by atoms with Crippen LogP contribution in [0.15, 0.2) is 78.9 Å². The molecule has 1 N–H and O–H groups in total. The lowest BCUT2D eigenvalue weighted by Crippen LogP contribution is -2.50. The number of anilines is 3. The molecular formula is C25H21N3O3S. The van der Waals surface area contributed by atoms with Crippen molar-refractivity contribution >= 4 is 46.5 Å². The largest absolute Gasteiger partial charge is 0.325 e. The minimum atomic E-state index is -1.21. The third-order valence-electron chi connectivity index (χ3n) is 5.68. The maximum atomic E-state index is 13.9. The van der Waals surface area contributed by atoms with Crippen molar-refractivity contribution in [3.63, 3.8) is 0 Å². The molecule has 3 aromatic rings. The van der Waals surface area contributed by atoms with Crippen molar-refractivity contribution in [2.75, 3.05) is 27.4 Å². The number of nitrogens with zero attached hydrogens (tertiary/aromatic N) is 2. The molecule has 1 spiro atoms. The zero-order valence-electron chi connectivity index (χ0n) is 17.4. The molecule has 2 heterocycles. The number of hydrogen-bond donors (Lipinski definition) is 1. The molecular weight excluding hydrogens is 422 g/mol. The zero-order chi connectivity index (χ0) is 22.3. The molecule has 0 saturated carbocycles. The maximum absolute atomic E-state index is 13.9. The van der Waals surface area contributed by atoms with Gasteiger partial charge < -0.3 is 5.32 Å². The van der Waals surface area contributed by atoms with Gasteiger partial charge in [-0.05, 0) is 42.8 Å². The predicted octanol–water partition coefficient (Wildman–Crippen LogP) is 3.91. The van der Waals surface area contributed by atoms with Crippen molar-refractivity contribution in [1.29, 1.82) is 0 Å². The van der Waals surface area contributed by atoms with Gasteiger partial charge in [0, 0.05) is 16.9 Å². The van der Waals surface area contributed by atoms with Crippen LogP contribution in [0.1, 0.15) is 11.1 Å². The van der Waals surface area contributed by atoms with Crippen LogP contribution in [-0.2, 0) is 19.3 Å². The summed E-state index contributed by atoms with van der Waals surface area (Å²) in [5.41, 5.74) is 3.73. The lowest BCUT2D eigenvalue weighted by atomic mass is 10.0. The third-order valence-corrected chi connectivity index (χ3v) is 7.07. The Morgan fingerprint density at radius 3 is 2.53 bits per heavy atom. The van der Waals surface area contributed by atoms with Crippen LogP contribution < -0.4 is 15.1 Å². The van der Waals surface area contributed by atoms with E-state index in [1.165, 1.54) is 16.7 Å². The standard InChI is InChI=1S/C25H21N3O3S/c1-17-8-7-11-19(14-17)28-23(30)16-32-25(28)20-12-5-6-13-21(20)27(24(25)31)15-22(29)26-18-9-3-2-4-10-18/h2-14H,15-16H2,1H3,(H,26,29)/t25-/m1/s1.